The van der Waals surface area contributed by atoms with Crippen LogP contribution >= 0.6 is 0 Å². The molecular weight excluding hydrogens is 366 g/mol. The number of imide groups is 1. The van der Waals surface area contributed by atoms with E-state index in [1.165, 1.54) is 5.56 Å². The summed E-state index contributed by atoms with van der Waals surface area (Å²) < 4.78 is 0. The molecule has 1 spiro atoms. The Kier molecular flexibility index (Phi) is 3.98. The van der Waals surface area contributed by atoms with Crippen LogP contribution in [0, 0.1) is 0 Å². The number of para-hydroxylation sites is 1. The Morgan fingerprint density at radius 1 is 1.07 bits per heavy atom. The zero-order chi connectivity index (χ0) is 20.2. The topological polar surface area (TPSA) is 69.7 Å². The van der Waals surface area contributed by atoms with Gasteiger partial charge in [0, 0.05) is 11.7 Å². The molecule has 0 bridgehead atoms. The fraction of sp³-hybridized carbons (Fsp3) is 0.348. The van der Waals surface area contributed by atoms with Crippen molar-refractivity contribution in [1.29, 1.82) is 0 Å². The van der Waals surface area contributed by atoms with Crippen LogP contribution < -0.4 is 10.2 Å². The first-order valence-electron chi connectivity index (χ1n) is 10.1. The molecule has 0 aromatic heterocycles. The average Bonchev–Trinajstić information content (AvgIpc) is 3.15. The highest BCUT2D eigenvalue weighted by atomic mass is 16.2. The van der Waals surface area contributed by atoms with Crippen molar-refractivity contribution in [3.05, 3.63) is 65.7 Å². The molecule has 5 rings (SSSR count). The molecule has 6 nitrogen and oxygen atoms in total. The Balaban J connectivity index is 1.30. The summed E-state index contributed by atoms with van der Waals surface area (Å²) in [7, 11) is 0. The zero-order valence-corrected chi connectivity index (χ0v) is 16.3. The minimum absolute atomic E-state index is 0.0146. The van der Waals surface area contributed by atoms with Crippen LogP contribution in [0.5, 0.6) is 0 Å². The van der Waals surface area contributed by atoms with Gasteiger partial charge in [-0.15, -0.1) is 0 Å². The molecule has 1 N–H and O–H groups in total. The van der Waals surface area contributed by atoms with Crippen LogP contribution in [0.2, 0.25) is 0 Å². The number of amides is 4. The highest BCUT2D eigenvalue weighted by Crippen LogP contribution is 2.47. The second-order valence-corrected chi connectivity index (χ2v) is 8.37. The van der Waals surface area contributed by atoms with Gasteiger partial charge in [0.05, 0.1) is 0 Å². The molecule has 0 radical (unpaired) electrons. The number of nitrogens with zero attached hydrogens (tertiary/aromatic N) is 2. The number of benzene rings is 2. The van der Waals surface area contributed by atoms with Gasteiger partial charge in [-0.3, -0.25) is 14.5 Å². The fourth-order valence-electron chi connectivity index (χ4n) is 5.00. The van der Waals surface area contributed by atoms with Crippen LogP contribution in [0.1, 0.15) is 36.8 Å². The number of carbonyl (C=O) groups is 3. The van der Waals surface area contributed by atoms with E-state index >= 15 is 0 Å². The Morgan fingerprint density at radius 3 is 2.52 bits per heavy atom. The van der Waals surface area contributed by atoms with E-state index in [0.717, 1.165) is 22.6 Å². The molecule has 148 valence electrons. The van der Waals surface area contributed by atoms with Crippen molar-refractivity contribution in [1.82, 2.24) is 10.2 Å². The molecule has 1 saturated heterocycles. The standard InChI is InChI=1S/C23H23N3O3/c1-15-11-17-9-5-6-10-19(17)26(15)20(27)14-25-21(28)23(24-22(25)29)12-18(13-23)16-7-3-2-4-8-16/h2-10,15,18H,11-14H2,1H3,(H,24,29). The molecule has 2 aromatic carbocycles. The Morgan fingerprint density at radius 2 is 1.76 bits per heavy atom. The van der Waals surface area contributed by atoms with Gasteiger partial charge in [0.2, 0.25) is 5.91 Å². The summed E-state index contributed by atoms with van der Waals surface area (Å²) in [6.07, 6.45) is 1.94. The van der Waals surface area contributed by atoms with Gasteiger partial charge in [-0.2, -0.15) is 0 Å². The summed E-state index contributed by atoms with van der Waals surface area (Å²) in [5.41, 5.74) is 2.32. The van der Waals surface area contributed by atoms with E-state index < -0.39 is 11.6 Å². The van der Waals surface area contributed by atoms with Crippen LogP contribution in [0.15, 0.2) is 54.6 Å². The minimum Gasteiger partial charge on any atom is -0.323 e. The van der Waals surface area contributed by atoms with Gasteiger partial charge in [-0.25, -0.2) is 4.79 Å². The number of nitrogens with one attached hydrogen (secondary N) is 1. The molecule has 3 aliphatic rings. The lowest BCUT2D eigenvalue weighted by atomic mass is 9.65. The number of hydrogen-bond donors (Lipinski definition) is 1. The summed E-state index contributed by atoms with van der Waals surface area (Å²) in [6.45, 7) is 1.77. The van der Waals surface area contributed by atoms with E-state index in [2.05, 4.69) is 5.32 Å². The molecule has 2 aliphatic heterocycles. The third-order valence-corrected chi connectivity index (χ3v) is 6.48. The maximum absolute atomic E-state index is 13.0. The number of rotatable bonds is 3. The van der Waals surface area contributed by atoms with Crippen LogP contribution in [0.3, 0.4) is 0 Å². The van der Waals surface area contributed by atoms with Crippen molar-refractivity contribution >= 4 is 23.5 Å². The van der Waals surface area contributed by atoms with E-state index in [9.17, 15) is 14.4 Å². The lowest BCUT2D eigenvalue weighted by molar-refractivity contribution is -0.137. The first-order valence-corrected chi connectivity index (χ1v) is 10.1. The van der Waals surface area contributed by atoms with E-state index in [0.29, 0.717) is 12.8 Å². The molecule has 1 saturated carbocycles. The summed E-state index contributed by atoms with van der Waals surface area (Å²) in [4.78, 5) is 41.4. The van der Waals surface area contributed by atoms with Crippen LogP contribution in [-0.2, 0) is 16.0 Å². The summed E-state index contributed by atoms with van der Waals surface area (Å²) in [5.74, 6) is -0.244. The minimum atomic E-state index is -0.855. The van der Waals surface area contributed by atoms with Crippen molar-refractivity contribution < 1.29 is 14.4 Å². The molecule has 29 heavy (non-hydrogen) atoms. The maximum atomic E-state index is 13.0. The molecule has 6 heteroatoms. The average molecular weight is 389 g/mol. The highest BCUT2D eigenvalue weighted by Gasteiger charge is 2.59. The predicted octanol–water partition coefficient (Wildman–Crippen LogP) is 2.83. The molecule has 2 heterocycles. The molecule has 1 aliphatic carbocycles. The molecule has 1 atom stereocenters. The number of hydrogen-bond acceptors (Lipinski definition) is 3. The number of carbonyl (C=O) groups excluding carboxylic acids is 3. The maximum Gasteiger partial charge on any atom is 0.325 e. The van der Waals surface area contributed by atoms with Gasteiger partial charge in [-0.05, 0) is 49.3 Å². The van der Waals surface area contributed by atoms with Gasteiger partial charge in [-0.1, -0.05) is 48.5 Å². The SMILES string of the molecule is CC1Cc2ccccc2N1C(=O)CN1C(=O)NC2(CC(c3ccccc3)C2)C1=O. The molecule has 4 amide bonds. The fourth-order valence-corrected chi connectivity index (χ4v) is 5.00. The predicted molar refractivity (Wildman–Crippen MR) is 108 cm³/mol. The number of urea groups is 1. The quantitative estimate of drug-likeness (QED) is 0.821. The van der Waals surface area contributed by atoms with E-state index in [-0.39, 0.29) is 30.3 Å². The summed E-state index contributed by atoms with van der Waals surface area (Å²) in [6, 6.07) is 17.4. The first-order chi connectivity index (χ1) is 14.0. The lowest BCUT2D eigenvalue weighted by Gasteiger charge is -2.43. The largest absolute Gasteiger partial charge is 0.325 e. The van der Waals surface area contributed by atoms with E-state index in [4.69, 9.17) is 0 Å². The third kappa shape index (κ3) is 2.74. The summed E-state index contributed by atoms with van der Waals surface area (Å²) >= 11 is 0. The Labute approximate surface area is 169 Å². The van der Waals surface area contributed by atoms with Crippen molar-refractivity contribution in [2.75, 3.05) is 11.4 Å². The van der Waals surface area contributed by atoms with E-state index in [1.807, 2.05) is 61.5 Å². The Hall–Kier alpha value is -3.15. The normalized spacial score (nSPS) is 27.8. The second kappa shape index (κ2) is 6.44. The smallest absolute Gasteiger partial charge is 0.323 e. The molecule has 1 unspecified atom stereocenters. The van der Waals surface area contributed by atoms with E-state index in [1.54, 1.807) is 4.90 Å². The van der Waals surface area contributed by atoms with Crippen LogP contribution in [-0.4, -0.2) is 40.9 Å². The number of fused-ring (bicyclic) bond motifs is 1. The Bertz CT molecular complexity index is 997. The van der Waals surface area contributed by atoms with Gasteiger partial charge in [0.15, 0.2) is 0 Å². The highest BCUT2D eigenvalue weighted by molar-refractivity contribution is 6.11. The second-order valence-electron chi connectivity index (χ2n) is 8.37. The monoisotopic (exact) mass is 389 g/mol. The van der Waals surface area contributed by atoms with Gasteiger partial charge < -0.3 is 10.2 Å². The van der Waals surface area contributed by atoms with Crippen LogP contribution in [0.25, 0.3) is 0 Å². The number of anilines is 1. The first kappa shape index (κ1) is 17.9. The molecule has 2 aromatic rings. The van der Waals surface area contributed by atoms with Gasteiger partial charge >= 0.3 is 6.03 Å². The lowest BCUT2D eigenvalue weighted by Crippen LogP contribution is -2.56. The van der Waals surface area contributed by atoms with Crippen molar-refractivity contribution in [3.63, 3.8) is 0 Å². The third-order valence-electron chi connectivity index (χ3n) is 6.48. The van der Waals surface area contributed by atoms with Gasteiger partial charge in [0.1, 0.15) is 12.1 Å². The van der Waals surface area contributed by atoms with Crippen molar-refractivity contribution in [3.8, 4) is 0 Å². The summed E-state index contributed by atoms with van der Waals surface area (Å²) in [5, 5.41) is 2.86. The van der Waals surface area contributed by atoms with Crippen molar-refractivity contribution in [2.45, 2.75) is 43.7 Å². The van der Waals surface area contributed by atoms with Crippen molar-refractivity contribution in [2.24, 2.45) is 0 Å². The molecule has 2 fully saturated rings. The van der Waals surface area contributed by atoms with Gasteiger partial charge in [0.25, 0.3) is 5.91 Å². The molecular formula is C23H23N3O3. The zero-order valence-electron chi connectivity index (χ0n) is 16.3. The van der Waals surface area contributed by atoms with Crippen LogP contribution in [0.4, 0.5) is 10.5 Å².